The third-order valence-electron chi connectivity index (χ3n) is 4.61. The van der Waals surface area contributed by atoms with Crippen LogP contribution in [-0.2, 0) is 0 Å². The Labute approximate surface area is 106 Å². The summed E-state index contributed by atoms with van der Waals surface area (Å²) in [7, 11) is 0. The molecule has 100 valence electrons. The maximum absolute atomic E-state index is 10.6. The first kappa shape index (κ1) is 13.4. The van der Waals surface area contributed by atoms with E-state index in [0.29, 0.717) is 6.04 Å². The van der Waals surface area contributed by atoms with Crippen molar-refractivity contribution >= 4 is 0 Å². The summed E-state index contributed by atoms with van der Waals surface area (Å²) >= 11 is 0. The number of nitrogens with one attached hydrogen (secondary N) is 1. The number of aliphatic hydroxyl groups is 1. The molecule has 0 aliphatic heterocycles. The van der Waals surface area contributed by atoms with Gasteiger partial charge in [-0.25, -0.2) is 0 Å². The predicted molar refractivity (Wildman–Crippen MR) is 72.1 cm³/mol. The summed E-state index contributed by atoms with van der Waals surface area (Å²) in [4.78, 5) is 0. The van der Waals surface area contributed by atoms with E-state index in [0.717, 1.165) is 19.4 Å². The van der Waals surface area contributed by atoms with Gasteiger partial charge in [0.15, 0.2) is 0 Å². The highest BCUT2D eigenvalue weighted by Gasteiger charge is 2.28. The highest BCUT2D eigenvalue weighted by Crippen LogP contribution is 2.26. The van der Waals surface area contributed by atoms with Crippen LogP contribution in [0.4, 0.5) is 0 Å². The van der Waals surface area contributed by atoms with Crippen molar-refractivity contribution < 1.29 is 5.11 Å². The van der Waals surface area contributed by atoms with Crippen LogP contribution in [0.1, 0.15) is 77.0 Å². The van der Waals surface area contributed by atoms with Gasteiger partial charge in [-0.1, -0.05) is 51.4 Å². The van der Waals surface area contributed by atoms with E-state index in [9.17, 15) is 5.11 Å². The van der Waals surface area contributed by atoms with E-state index in [2.05, 4.69) is 5.32 Å². The molecule has 17 heavy (non-hydrogen) atoms. The molecule has 2 aliphatic rings. The minimum absolute atomic E-state index is 0.405. The van der Waals surface area contributed by atoms with Crippen LogP contribution in [0.5, 0.6) is 0 Å². The summed E-state index contributed by atoms with van der Waals surface area (Å²) in [6.07, 6.45) is 15.2. The van der Waals surface area contributed by atoms with Crippen LogP contribution >= 0.6 is 0 Å². The molecular weight excluding hydrogens is 210 g/mol. The van der Waals surface area contributed by atoms with Crippen molar-refractivity contribution in [3.05, 3.63) is 0 Å². The van der Waals surface area contributed by atoms with E-state index in [1.807, 2.05) is 0 Å². The van der Waals surface area contributed by atoms with Crippen LogP contribution in [0.2, 0.25) is 0 Å². The fraction of sp³-hybridized carbons (Fsp3) is 1.00. The van der Waals surface area contributed by atoms with E-state index >= 15 is 0 Å². The van der Waals surface area contributed by atoms with Gasteiger partial charge in [-0.2, -0.15) is 0 Å². The third-order valence-corrected chi connectivity index (χ3v) is 4.61. The normalized spacial score (nSPS) is 27.4. The molecule has 0 heterocycles. The van der Waals surface area contributed by atoms with Gasteiger partial charge < -0.3 is 10.4 Å². The van der Waals surface area contributed by atoms with Gasteiger partial charge in [0.05, 0.1) is 5.60 Å². The lowest BCUT2D eigenvalue weighted by Gasteiger charge is -2.33. The van der Waals surface area contributed by atoms with Gasteiger partial charge in [-0.05, 0) is 25.7 Å². The maximum Gasteiger partial charge on any atom is 0.0771 e. The Morgan fingerprint density at radius 3 is 2.00 bits per heavy atom. The second-order valence-corrected chi connectivity index (χ2v) is 6.21. The van der Waals surface area contributed by atoms with E-state index in [4.69, 9.17) is 0 Å². The molecule has 0 aromatic rings. The van der Waals surface area contributed by atoms with E-state index in [1.54, 1.807) is 0 Å². The summed E-state index contributed by atoms with van der Waals surface area (Å²) in [6.45, 7) is 0.831. The van der Waals surface area contributed by atoms with Gasteiger partial charge in [-0.3, -0.25) is 0 Å². The Morgan fingerprint density at radius 2 is 1.35 bits per heavy atom. The van der Waals surface area contributed by atoms with Crippen LogP contribution in [-0.4, -0.2) is 23.3 Å². The van der Waals surface area contributed by atoms with Crippen LogP contribution in [0.25, 0.3) is 0 Å². The number of hydrogen-bond donors (Lipinski definition) is 2. The zero-order valence-electron chi connectivity index (χ0n) is 11.2. The van der Waals surface area contributed by atoms with Gasteiger partial charge >= 0.3 is 0 Å². The number of rotatable bonds is 3. The van der Waals surface area contributed by atoms with E-state index < -0.39 is 5.60 Å². The molecule has 0 radical (unpaired) electrons. The molecule has 2 saturated carbocycles. The van der Waals surface area contributed by atoms with Crippen LogP contribution < -0.4 is 5.32 Å². The molecule has 0 amide bonds. The standard InChI is InChI=1S/C15H29NO/c17-15(11-7-2-1-3-8-12-15)13-16-14-9-5-4-6-10-14/h14,16-17H,1-13H2. The maximum atomic E-state index is 10.6. The molecule has 0 saturated heterocycles. The number of hydrogen-bond acceptors (Lipinski definition) is 2. The Morgan fingerprint density at radius 1 is 0.824 bits per heavy atom. The van der Waals surface area contributed by atoms with Crippen molar-refractivity contribution in [3.63, 3.8) is 0 Å². The van der Waals surface area contributed by atoms with E-state index in [-0.39, 0.29) is 0 Å². The molecular formula is C15H29NO. The fourth-order valence-electron chi connectivity index (χ4n) is 3.38. The highest BCUT2D eigenvalue weighted by atomic mass is 16.3. The molecule has 2 nitrogen and oxygen atoms in total. The van der Waals surface area contributed by atoms with Crippen molar-refractivity contribution in [2.24, 2.45) is 0 Å². The van der Waals surface area contributed by atoms with Gasteiger partial charge in [0.2, 0.25) is 0 Å². The van der Waals surface area contributed by atoms with Crippen molar-refractivity contribution in [3.8, 4) is 0 Å². The quantitative estimate of drug-likeness (QED) is 0.791. The minimum Gasteiger partial charge on any atom is -0.389 e. The summed E-state index contributed by atoms with van der Waals surface area (Å²) in [5.41, 5.74) is -0.405. The molecule has 2 heteroatoms. The molecule has 2 rings (SSSR count). The first-order valence-corrected chi connectivity index (χ1v) is 7.74. The second-order valence-electron chi connectivity index (χ2n) is 6.21. The van der Waals surface area contributed by atoms with Crippen molar-refractivity contribution in [2.45, 2.75) is 88.7 Å². The van der Waals surface area contributed by atoms with Gasteiger partial charge in [0, 0.05) is 12.6 Å². The molecule has 0 atom stereocenters. The van der Waals surface area contributed by atoms with E-state index in [1.165, 1.54) is 64.2 Å². The summed E-state index contributed by atoms with van der Waals surface area (Å²) in [5, 5.41) is 14.3. The van der Waals surface area contributed by atoms with Crippen LogP contribution in [0.3, 0.4) is 0 Å². The fourth-order valence-corrected chi connectivity index (χ4v) is 3.38. The molecule has 2 fully saturated rings. The Bertz CT molecular complexity index is 203. The third kappa shape index (κ3) is 4.59. The molecule has 0 bridgehead atoms. The lowest BCUT2D eigenvalue weighted by atomic mass is 9.86. The van der Waals surface area contributed by atoms with Crippen molar-refractivity contribution in [2.75, 3.05) is 6.54 Å². The molecule has 0 aromatic carbocycles. The lowest BCUT2D eigenvalue weighted by Crippen LogP contribution is -2.45. The van der Waals surface area contributed by atoms with Crippen LogP contribution in [0.15, 0.2) is 0 Å². The first-order chi connectivity index (χ1) is 8.29. The predicted octanol–water partition coefficient (Wildman–Crippen LogP) is 3.38. The molecule has 0 aromatic heterocycles. The van der Waals surface area contributed by atoms with Crippen molar-refractivity contribution in [1.82, 2.24) is 5.32 Å². The molecule has 2 aliphatic carbocycles. The highest BCUT2D eigenvalue weighted by molar-refractivity contribution is 4.84. The minimum atomic E-state index is -0.405. The van der Waals surface area contributed by atoms with Gasteiger partial charge in [0.1, 0.15) is 0 Å². The Balaban J connectivity index is 1.74. The largest absolute Gasteiger partial charge is 0.389 e. The van der Waals surface area contributed by atoms with Crippen LogP contribution in [0, 0.1) is 0 Å². The summed E-state index contributed by atoms with van der Waals surface area (Å²) < 4.78 is 0. The molecule has 0 spiro atoms. The zero-order valence-corrected chi connectivity index (χ0v) is 11.2. The lowest BCUT2D eigenvalue weighted by molar-refractivity contribution is 0.0112. The van der Waals surface area contributed by atoms with Gasteiger partial charge in [-0.15, -0.1) is 0 Å². The molecule has 2 N–H and O–H groups in total. The SMILES string of the molecule is OC1(CNC2CCCCC2)CCCCCCC1. The summed E-state index contributed by atoms with van der Waals surface area (Å²) in [5.74, 6) is 0. The Kier molecular flexibility index (Phi) is 5.30. The second kappa shape index (κ2) is 6.75. The topological polar surface area (TPSA) is 32.3 Å². The van der Waals surface area contributed by atoms with Gasteiger partial charge in [0.25, 0.3) is 0 Å². The zero-order chi connectivity index (χ0) is 12.0. The smallest absolute Gasteiger partial charge is 0.0771 e. The Hall–Kier alpha value is -0.0800. The monoisotopic (exact) mass is 239 g/mol. The molecule has 0 unspecified atom stereocenters. The average molecular weight is 239 g/mol. The average Bonchev–Trinajstić information content (AvgIpc) is 2.34. The summed E-state index contributed by atoms with van der Waals surface area (Å²) in [6, 6.07) is 0.679. The van der Waals surface area contributed by atoms with Crippen molar-refractivity contribution in [1.29, 1.82) is 0 Å². The first-order valence-electron chi connectivity index (χ1n) is 7.74.